The molecule has 0 bridgehead atoms. The van der Waals surface area contributed by atoms with E-state index >= 15 is 0 Å². The minimum atomic E-state index is -0.956. The summed E-state index contributed by atoms with van der Waals surface area (Å²) in [6.45, 7) is 12.2. The van der Waals surface area contributed by atoms with Crippen molar-refractivity contribution in [3.05, 3.63) is 11.6 Å². The zero-order valence-electron chi connectivity index (χ0n) is 28.8. The summed E-state index contributed by atoms with van der Waals surface area (Å²) in [6.07, 6.45) is 14.7. The average molecular weight is 633 g/mol. The van der Waals surface area contributed by atoms with Crippen LogP contribution in [0, 0.1) is 5.92 Å². The summed E-state index contributed by atoms with van der Waals surface area (Å²) in [4.78, 5) is 67.4. The van der Waals surface area contributed by atoms with Gasteiger partial charge in [-0.1, -0.05) is 64.5 Å². The molecule has 1 aliphatic heterocycles. The number of allylic oxidation sites excluding steroid dienone is 1. The highest BCUT2D eigenvalue weighted by Crippen LogP contribution is 2.30. The number of hydrogen-bond acceptors (Lipinski definition) is 6. The molecule has 2 aliphatic carbocycles. The van der Waals surface area contributed by atoms with Gasteiger partial charge in [0.15, 0.2) is 0 Å². The van der Waals surface area contributed by atoms with E-state index in [9.17, 15) is 24.0 Å². The molecule has 0 aromatic heterocycles. The molecular weight excluding hydrogens is 572 g/mol. The van der Waals surface area contributed by atoms with E-state index < -0.39 is 47.4 Å². The van der Waals surface area contributed by atoms with Crippen molar-refractivity contribution in [2.75, 3.05) is 13.1 Å². The van der Waals surface area contributed by atoms with Crippen LogP contribution < -0.4 is 16.0 Å². The largest absolute Gasteiger partial charge is 0.444 e. The summed E-state index contributed by atoms with van der Waals surface area (Å²) in [5.41, 5.74) is 0.603. The number of nitrogens with one attached hydrogen (secondary N) is 3. The molecule has 0 radical (unpaired) electrons. The second kappa shape index (κ2) is 19.6. The van der Waals surface area contributed by atoms with Crippen molar-refractivity contribution in [1.82, 2.24) is 20.9 Å². The van der Waals surface area contributed by atoms with Gasteiger partial charge in [-0.15, -0.1) is 0 Å². The lowest BCUT2D eigenvalue weighted by Gasteiger charge is -2.35. The van der Waals surface area contributed by atoms with Crippen LogP contribution in [0.3, 0.4) is 0 Å². The first kappa shape index (κ1) is 38.3. The average Bonchev–Trinajstić information content (AvgIpc) is 3.50. The number of Topliss-reactive ketones (excluding diaryl/α,β-unsaturated/α-hetero) is 1. The molecule has 0 aromatic rings. The SMILES string of the molecule is CCC.CCCC(NC(=O)[C@@H]1CCCN1C(=O)[C@@H](NC(=O)OC(C)(C)C)C1CCCCC1)C(=O)C(=O)NCCC1=CCCCC1. The number of hydrogen-bond donors (Lipinski definition) is 3. The third kappa shape index (κ3) is 13.2. The summed E-state index contributed by atoms with van der Waals surface area (Å²) in [6, 6.07) is -2.51. The third-order valence-electron chi connectivity index (χ3n) is 8.45. The molecule has 10 nitrogen and oxygen atoms in total. The maximum atomic E-state index is 13.9. The van der Waals surface area contributed by atoms with Crippen molar-refractivity contribution < 1.29 is 28.7 Å². The lowest BCUT2D eigenvalue weighted by atomic mass is 9.83. The van der Waals surface area contributed by atoms with Gasteiger partial charge in [-0.05, 0) is 90.9 Å². The standard InChI is InChI=1S/C32H52N4O6.C3H8/c1-5-13-24(27(37)29(39)33-20-19-22-14-8-6-9-15-22)34-28(38)25-18-12-21-36(25)30(40)26(23-16-10-7-11-17-23)35-31(41)42-32(2,3)4;1-3-2/h14,23-26H,5-13,15-21H2,1-4H3,(H,33,39)(H,34,38)(H,35,41);3H2,1-2H3/t24?,25-,26-;/m0./s1. The quantitative estimate of drug-likeness (QED) is 0.186. The molecular formula is C35H60N4O6. The zero-order valence-corrected chi connectivity index (χ0v) is 28.8. The summed E-state index contributed by atoms with van der Waals surface area (Å²) >= 11 is 0. The first-order valence-electron chi connectivity index (χ1n) is 17.5. The third-order valence-corrected chi connectivity index (χ3v) is 8.45. The van der Waals surface area contributed by atoms with Gasteiger partial charge in [0.25, 0.3) is 5.91 Å². The molecule has 3 N–H and O–H groups in total. The van der Waals surface area contributed by atoms with Crippen molar-refractivity contribution in [1.29, 1.82) is 0 Å². The van der Waals surface area contributed by atoms with Gasteiger partial charge in [0.2, 0.25) is 17.6 Å². The Morgan fingerprint density at radius 2 is 1.62 bits per heavy atom. The first-order valence-corrected chi connectivity index (χ1v) is 17.5. The molecule has 3 atom stereocenters. The van der Waals surface area contributed by atoms with Crippen LogP contribution >= 0.6 is 0 Å². The van der Waals surface area contributed by atoms with Gasteiger partial charge in [-0.3, -0.25) is 19.2 Å². The summed E-state index contributed by atoms with van der Waals surface area (Å²) in [5.74, 6) is -2.12. The van der Waals surface area contributed by atoms with Gasteiger partial charge in [-0.2, -0.15) is 0 Å². The molecule has 256 valence electrons. The summed E-state index contributed by atoms with van der Waals surface area (Å²) in [7, 11) is 0. The molecule has 4 amide bonds. The highest BCUT2D eigenvalue weighted by atomic mass is 16.6. The number of carbonyl (C=O) groups excluding carboxylic acids is 5. The highest BCUT2D eigenvalue weighted by Gasteiger charge is 2.42. The number of ether oxygens (including phenoxy) is 1. The van der Waals surface area contributed by atoms with Crippen LogP contribution in [0.25, 0.3) is 0 Å². The zero-order chi connectivity index (χ0) is 33.4. The van der Waals surface area contributed by atoms with E-state index in [-0.39, 0.29) is 11.8 Å². The minimum Gasteiger partial charge on any atom is -0.444 e. The molecule has 1 heterocycles. The lowest BCUT2D eigenvalue weighted by molar-refractivity contribution is -0.143. The van der Waals surface area contributed by atoms with E-state index in [1.807, 2.05) is 6.92 Å². The Kier molecular flexibility index (Phi) is 16.6. The van der Waals surface area contributed by atoms with Crippen molar-refractivity contribution in [3.63, 3.8) is 0 Å². The fourth-order valence-corrected chi connectivity index (χ4v) is 6.30. The number of rotatable bonds is 12. The van der Waals surface area contributed by atoms with Crippen LogP contribution in [-0.4, -0.2) is 71.3 Å². The summed E-state index contributed by atoms with van der Waals surface area (Å²) < 4.78 is 5.46. The van der Waals surface area contributed by atoms with Crippen LogP contribution in [0.1, 0.15) is 138 Å². The number of likely N-dealkylation sites (tertiary alicyclic amines) is 1. The fourth-order valence-electron chi connectivity index (χ4n) is 6.30. The molecule has 1 saturated carbocycles. The number of ketones is 1. The Morgan fingerprint density at radius 1 is 0.933 bits per heavy atom. The predicted molar refractivity (Wildman–Crippen MR) is 176 cm³/mol. The van der Waals surface area contributed by atoms with Gasteiger partial charge in [0.1, 0.15) is 17.7 Å². The second-order valence-corrected chi connectivity index (χ2v) is 13.7. The molecule has 10 heteroatoms. The minimum absolute atomic E-state index is 0.0365. The molecule has 1 saturated heterocycles. The van der Waals surface area contributed by atoms with Crippen molar-refractivity contribution >= 4 is 29.6 Å². The van der Waals surface area contributed by atoms with Crippen LogP contribution in [0.2, 0.25) is 0 Å². The first-order chi connectivity index (χ1) is 21.4. The van der Waals surface area contributed by atoms with Gasteiger partial charge < -0.3 is 25.6 Å². The molecule has 0 aromatic carbocycles. The predicted octanol–water partition coefficient (Wildman–Crippen LogP) is 5.73. The van der Waals surface area contributed by atoms with Crippen molar-refractivity contribution in [2.24, 2.45) is 5.92 Å². The number of alkyl carbamates (subject to hydrolysis) is 1. The molecule has 2 fully saturated rings. The van der Waals surface area contributed by atoms with Crippen LogP contribution in [0.5, 0.6) is 0 Å². The normalized spacial score (nSPS) is 20.1. The monoisotopic (exact) mass is 632 g/mol. The van der Waals surface area contributed by atoms with E-state index in [0.717, 1.165) is 57.8 Å². The maximum Gasteiger partial charge on any atom is 0.408 e. The van der Waals surface area contributed by atoms with Crippen LogP contribution in [-0.2, 0) is 23.9 Å². The fraction of sp³-hybridized carbons (Fsp3) is 0.800. The van der Waals surface area contributed by atoms with Crippen molar-refractivity contribution in [3.8, 4) is 0 Å². The molecule has 3 aliphatic rings. The van der Waals surface area contributed by atoms with E-state index in [1.165, 1.54) is 23.3 Å². The number of amides is 4. The molecule has 45 heavy (non-hydrogen) atoms. The Morgan fingerprint density at radius 3 is 2.22 bits per heavy atom. The van der Waals surface area contributed by atoms with E-state index in [1.54, 1.807) is 20.8 Å². The second-order valence-electron chi connectivity index (χ2n) is 13.7. The summed E-state index contributed by atoms with van der Waals surface area (Å²) in [5, 5.41) is 8.34. The van der Waals surface area contributed by atoms with Gasteiger partial charge in [-0.25, -0.2) is 4.79 Å². The Bertz CT molecular complexity index is 1010. The van der Waals surface area contributed by atoms with Crippen LogP contribution in [0.4, 0.5) is 4.79 Å². The van der Waals surface area contributed by atoms with E-state index in [2.05, 4.69) is 35.9 Å². The number of nitrogens with zero attached hydrogens (tertiary/aromatic N) is 1. The Hall–Kier alpha value is -2.91. The van der Waals surface area contributed by atoms with Crippen LogP contribution in [0.15, 0.2) is 11.6 Å². The number of carbonyl (C=O) groups is 5. The van der Waals surface area contributed by atoms with Gasteiger partial charge in [0, 0.05) is 13.1 Å². The topological polar surface area (TPSA) is 134 Å². The van der Waals surface area contributed by atoms with Gasteiger partial charge in [0.05, 0.1) is 6.04 Å². The lowest BCUT2D eigenvalue weighted by Crippen LogP contribution is -2.58. The van der Waals surface area contributed by atoms with E-state index in [0.29, 0.717) is 38.8 Å². The highest BCUT2D eigenvalue weighted by molar-refractivity contribution is 6.38. The molecule has 1 unspecified atom stereocenters. The smallest absolute Gasteiger partial charge is 0.408 e. The van der Waals surface area contributed by atoms with Crippen molar-refractivity contribution in [2.45, 2.75) is 162 Å². The van der Waals surface area contributed by atoms with Gasteiger partial charge >= 0.3 is 6.09 Å². The Balaban J connectivity index is 0.00000226. The van der Waals surface area contributed by atoms with E-state index in [4.69, 9.17) is 4.74 Å². The maximum absolute atomic E-state index is 13.9. The molecule has 0 spiro atoms. The Labute approximate surface area is 271 Å². The molecule has 3 rings (SSSR count).